The van der Waals surface area contributed by atoms with Crippen molar-refractivity contribution in [2.24, 2.45) is 5.92 Å². The average Bonchev–Trinajstić information content (AvgIpc) is 3.53. The first kappa shape index (κ1) is 24.7. The minimum Gasteiger partial charge on any atom is -0.444 e. The van der Waals surface area contributed by atoms with Gasteiger partial charge < -0.3 is 10.1 Å². The number of fused-ring (bicyclic) bond motifs is 2. The molecule has 4 rings (SSSR count). The third kappa shape index (κ3) is 5.31. The highest BCUT2D eigenvalue weighted by molar-refractivity contribution is 7.15. The van der Waals surface area contributed by atoms with Gasteiger partial charge in [-0.25, -0.2) is 9.18 Å². The Morgan fingerprint density at radius 2 is 2.03 bits per heavy atom. The van der Waals surface area contributed by atoms with Crippen LogP contribution >= 0.6 is 11.3 Å². The molecule has 2 fully saturated rings. The van der Waals surface area contributed by atoms with Gasteiger partial charge in [-0.3, -0.25) is 9.69 Å². The van der Waals surface area contributed by atoms with Crippen molar-refractivity contribution in [1.82, 2.24) is 10.2 Å². The maximum absolute atomic E-state index is 14.0. The number of hydrogen-bond donors (Lipinski definition) is 1. The molecule has 0 unspecified atom stereocenters. The number of benzene rings is 1. The van der Waals surface area contributed by atoms with E-state index in [1.165, 1.54) is 23.5 Å². The number of hydrogen-bond acceptors (Lipinski definition) is 6. The van der Waals surface area contributed by atoms with Crippen LogP contribution in [0.25, 0.3) is 10.4 Å². The van der Waals surface area contributed by atoms with Gasteiger partial charge in [-0.15, -0.1) is 11.3 Å². The Kier molecular flexibility index (Phi) is 6.82. The van der Waals surface area contributed by atoms with Crippen LogP contribution in [0.15, 0.2) is 30.3 Å². The summed E-state index contributed by atoms with van der Waals surface area (Å²) in [4.78, 5) is 29.3. The largest absolute Gasteiger partial charge is 0.444 e. The van der Waals surface area contributed by atoms with Crippen LogP contribution in [0.3, 0.4) is 0 Å². The summed E-state index contributed by atoms with van der Waals surface area (Å²) in [6, 6.07) is 10.6. The summed E-state index contributed by atoms with van der Waals surface area (Å²) in [5, 5.41) is 21.4. The molecule has 1 saturated carbocycles. The Labute approximate surface area is 208 Å². The van der Waals surface area contributed by atoms with Crippen molar-refractivity contribution in [3.05, 3.63) is 46.6 Å². The lowest BCUT2D eigenvalue weighted by atomic mass is 9.97. The van der Waals surface area contributed by atoms with E-state index in [0.29, 0.717) is 12.0 Å². The summed E-state index contributed by atoms with van der Waals surface area (Å²) in [5.41, 5.74) is -0.0340. The lowest BCUT2D eigenvalue weighted by Crippen LogP contribution is -2.55. The number of ether oxygens (including phenoxy) is 1. The second-order valence-electron chi connectivity index (χ2n) is 10.0. The normalized spacial score (nSPS) is 21.8. The van der Waals surface area contributed by atoms with E-state index in [4.69, 9.17) is 10.00 Å². The minimum absolute atomic E-state index is 0.0150. The number of nitrogens with one attached hydrogen (secondary N) is 1. The highest BCUT2D eigenvalue weighted by Gasteiger charge is 2.52. The van der Waals surface area contributed by atoms with Crippen molar-refractivity contribution in [3.63, 3.8) is 0 Å². The van der Waals surface area contributed by atoms with Crippen molar-refractivity contribution in [2.45, 2.75) is 70.2 Å². The number of piperidine rings is 1. The molecule has 2 heterocycles. The van der Waals surface area contributed by atoms with Gasteiger partial charge in [0.1, 0.15) is 29.6 Å². The summed E-state index contributed by atoms with van der Waals surface area (Å²) >= 11 is 1.40. The van der Waals surface area contributed by atoms with Gasteiger partial charge >= 0.3 is 6.09 Å². The molecule has 2 bridgehead atoms. The second-order valence-corrected chi connectivity index (χ2v) is 11.2. The molecule has 2 aromatic rings. The van der Waals surface area contributed by atoms with Crippen molar-refractivity contribution >= 4 is 23.3 Å². The van der Waals surface area contributed by atoms with E-state index in [0.717, 1.165) is 29.0 Å². The van der Waals surface area contributed by atoms with Crippen molar-refractivity contribution in [2.75, 3.05) is 0 Å². The monoisotopic (exact) mass is 494 g/mol. The summed E-state index contributed by atoms with van der Waals surface area (Å²) in [6.45, 7) is 5.38. The molecule has 2 amide bonds. The first-order valence-electron chi connectivity index (χ1n) is 11.6. The number of amides is 2. The fraction of sp³-hybridized carbons (Fsp3) is 0.462. The van der Waals surface area contributed by atoms with Crippen molar-refractivity contribution < 1.29 is 18.7 Å². The van der Waals surface area contributed by atoms with Crippen molar-refractivity contribution in [1.29, 1.82) is 10.5 Å². The van der Waals surface area contributed by atoms with Crippen LogP contribution in [-0.2, 0) is 16.0 Å². The smallest absolute Gasteiger partial charge is 0.411 e. The summed E-state index contributed by atoms with van der Waals surface area (Å²) in [5.74, 6) is -0.852. The Morgan fingerprint density at radius 3 is 2.69 bits per heavy atom. The van der Waals surface area contributed by atoms with Gasteiger partial charge in [-0.2, -0.15) is 10.5 Å². The second kappa shape index (κ2) is 9.67. The molecule has 35 heavy (non-hydrogen) atoms. The fourth-order valence-corrected chi connectivity index (χ4v) is 5.94. The van der Waals surface area contributed by atoms with E-state index in [1.54, 1.807) is 37.8 Å². The first-order chi connectivity index (χ1) is 16.6. The molecular weight excluding hydrogens is 467 g/mol. The fourth-order valence-electron chi connectivity index (χ4n) is 4.89. The molecule has 9 heteroatoms. The number of carbonyl (C=O) groups is 2. The molecule has 0 radical (unpaired) electrons. The van der Waals surface area contributed by atoms with Crippen LogP contribution in [0, 0.1) is 34.4 Å². The third-order valence-electron chi connectivity index (χ3n) is 6.37. The first-order valence-corrected chi connectivity index (χ1v) is 12.4. The number of carbonyl (C=O) groups excluding carboxylic acids is 2. The predicted molar refractivity (Wildman–Crippen MR) is 129 cm³/mol. The van der Waals surface area contributed by atoms with Crippen LogP contribution in [0.4, 0.5) is 9.18 Å². The van der Waals surface area contributed by atoms with Gasteiger partial charge in [-0.1, -0.05) is 6.07 Å². The van der Waals surface area contributed by atoms with E-state index in [9.17, 15) is 19.2 Å². The number of nitriles is 2. The zero-order valence-electron chi connectivity index (χ0n) is 19.9. The van der Waals surface area contributed by atoms with Gasteiger partial charge in [0.15, 0.2) is 0 Å². The average molecular weight is 495 g/mol. The lowest BCUT2D eigenvalue weighted by Gasteiger charge is -2.35. The molecule has 1 N–H and O–H groups in total. The van der Waals surface area contributed by atoms with Crippen LogP contribution in [0.2, 0.25) is 0 Å². The lowest BCUT2D eigenvalue weighted by molar-refractivity contribution is -0.128. The van der Waals surface area contributed by atoms with Gasteiger partial charge in [0.25, 0.3) is 0 Å². The number of likely N-dealkylation sites (tertiary alicyclic amines) is 1. The number of nitrogens with zero attached hydrogens (tertiary/aromatic N) is 3. The Bertz CT molecular complexity index is 1220. The molecule has 1 aromatic heterocycles. The Hall–Kier alpha value is -3.43. The molecule has 1 aliphatic carbocycles. The zero-order valence-corrected chi connectivity index (χ0v) is 20.7. The van der Waals surface area contributed by atoms with Crippen LogP contribution in [0.1, 0.15) is 50.5 Å². The predicted octanol–water partition coefficient (Wildman–Crippen LogP) is 4.76. The van der Waals surface area contributed by atoms with Crippen molar-refractivity contribution in [3.8, 4) is 22.6 Å². The quantitative estimate of drug-likeness (QED) is 0.645. The van der Waals surface area contributed by atoms with Gasteiger partial charge in [0.2, 0.25) is 5.91 Å². The minimum atomic E-state index is -0.772. The maximum atomic E-state index is 14.0. The standard InChI is InChI=1S/C26H27FN4O3S/c1-26(2,3)34-25(33)31-19-7-6-16(10-19)23(31)24(32)30-18(14-29)12-20-8-9-22(35-20)15-4-5-17(13-28)21(27)11-15/h4-5,8-9,11,16,18-19,23H,6-7,10,12H2,1-3H3,(H,30,32)/t16-,18-,19+,23-/m0/s1. The molecule has 182 valence electrons. The van der Waals surface area contributed by atoms with Gasteiger partial charge in [0.05, 0.1) is 11.6 Å². The summed E-state index contributed by atoms with van der Waals surface area (Å²) in [7, 11) is 0. The molecular formula is C26H27FN4O3S. The van der Waals surface area contributed by atoms with Gasteiger partial charge in [0, 0.05) is 22.2 Å². The van der Waals surface area contributed by atoms with Crippen LogP contribution < -0.4 is 5.32 Å². The topological polar surface area (TPSA) is 106 Å². The molecule has 7 nitrogen and oxygen atoms in total. The molecule has 2 aliphatic rings. The summed E-state index contributed by atoms with van der Waals surface area (Å²) < 4.78 is 19.5. The van der Waals surface area contributed by atoms with Crippen LogP contribution in [0.5, 0.6) is 0 Å². The van der Waals surface area contributed by atoms with Crippen LogP contribution in [-0.4, -0.2) is 40.6 Å². The Morgan fingerprint density at radius 1 is 1.26 bits per heavy atom. The van der Waals surface area contributed by atoms with Gasteiger partial charge in [-0.05, 0) is 75.8 Å². The number of thiophene rings is 1. The van der Waals surface area contributed by atoms with E-state index in [2.05, 4.69) is 11.4 Å². The molecule has 1 aromatic carbocycles. The maximum Gasteiger partial charge on any atom is 0.411 e. The Balaban J connectivity index is 1.44. The van der Waals surface area contributed by atoms with E-state index in [-0.39, 0.29) is 23.4 Å². The summed E-state index contributed by atoms with van der Waals surface area (Å²) in [6.07, 6.45) is 2.29. The molecule has 1 aliphatic heterocycles. The third-order valence-corrected chi connectivity index (χ3v) is 7.53. The zero-order chi connectivity index (χ0) is 25.3. The van der Waals surface area contributed by atoms with E-state index < -0.39 is 29.6 Å². The van der Waals surface area contributed by atoms with E-state index in [1.807, 2.05) is 12.1 Å². The highest BCUT2D eigenvalue weighted by Crippen LogP contribution is 2.43. The highest BCUT2D eigenvalue weighted by atomic mass is 32.1. The molecule has 4 atom stereocenters. The number of halogens is 1. The van der Waals surface area contributed by atoms with E-state index >= 15 is 0 Å². The SMILES string of the molecule is CC(C)(C)OC(=O)N1[C@@H]2CC[C@@H](C2)[C@H]1C(=O)N[C@H](C#N)Cc1ccc(-c2ccc(C#N)c(F)c2)s1. The molecule has 1 saturated heterocycles. The number of rotatable bonds is 5. The molecule has 0 spiro atoms.